The number of hydrogen-bond acceptors (Lipinski definition) is 5. The lowest BCUT2D eigenvalue weighted by atomic mass is 9.75. The zero-order chi connectivity index (χ0) is 25.5. The molecule has 6 rings (SSSR count). The van der Waals surface area contributed by atoms with Gasteiger partial charge in [0.2, 0.25) is 0 Å². The number of hydrogen-bond donors (Lipinski definition) is 2. The average Bonchev–Trinajstić information content (AvgIpc) is 3.32. The van der Waals surface area contributed by atoms with E-state index in [1.165, 1.54) is 23.3 Å². The van der Waals surface area contributed by atoms with Gasteiger partial charge >= 0.3 is 5.97 Å². The Morgan fingerprint density at radius 2 is 1.73 bits per heavy atom. The van der Waals surface area contributed by atoms with Crippen molar-refractivity contribution in [3.63, 3.8) is 0 Å². The van der Waals surface area contributed by atoms with Gasteiger partial charge in [0.25, 0.3) is 5.69 Å². The average molecular weight is 493 g/mol. The molecular formula is C30H24N2O5. The number of nitro benzene ring substituents is 1. The summed E-state index contributed by atoms with van der Waals surface area (Å²) in [5.41, 5.74) is 6.93. The largest absolute Gasteiger partial charge is 0.489 e. The van der Waals surface area contributed by atoms with E-state index < -0.39 is 10.9 Å². The summed E-state index contributed by atoms with van der Waals surface area (Å²) in [6.45, 7) is 0.318. The Morgan fingerprint density at radius 1 is 0.973 bits per heavy atom. The number of aromatic carboxylic acids is 1. The SMILES string of the molecule is O=C(O)c1ccc2c(c1)[C@@H]1c3ccccc3C[C@H]1[C@H](c1ccc(OCc3ccc([N+](=O)[O-])cc3)cc1)N2. The van der Waals surface area contributed by atoms with Crippen LogP contribution in [0.15, 0.2) is 91.0 Å². The summed E-state index contributed by atoms with van der Waals surface area (Å²) in [4.78, 5) is 22.1. The van der Waals surface area contributed by atoms with Gasteiger partial charge in [-0.2, -0.15) is 0 Å². The molecule has 184 valence electrons. The number of non-ortho nitro benzene ring substituents is 1. The number of nitrogens with zero attached hydrogens (tertiary/aromatic N) is 1. The van der Waals surface area contributed by atoms with E-state index in [2.05, 4.69) is 41.7 Å². The molecule has 0 saturated carbocycles. The van der Waals surface area contributed by atoms with E-state index >= 15 is 0 Å². The second kappa shape index (κ2) is 9.09. The quantitative estimate of drug-likeness (QED) is 0.240. The lowest BCUT2D eigenvalue weighted by Gasteiger charge is -2.38. The van der Waals surface area contributed by atoms with Crippen molar-refractivity contribution in [3.05, 3.63) is 134 Å². The summed E-state index contributed by atoms with van der Waals surface area (Å²) in [6.07, 6.45) is 0.910. The number of ether oxygens (including phenoxy) is 1. The summed E-state index contributed by atoms with van der Waals surface area (Å²) >= 11 is 0. The fraction of sp³-hybridized carbons (Fsp3) is 0.167. The number of nitrogens with one attached hydrogen (secondary N) is 1. The van der Waals surface area contributed by atoms with Crippen LogP contribution in [0.1, 0.15) is 50.1 Å². The minimum atomic E-state index is -0.919. The van der Waals surface area contributed by atoms with Gasteiger partial charge < -0.3 is 15.2 Å². The Bertz CT molecular complexity index is 1500. The lowest BCUT2D eigenvalue weighted by molar-refractivity contribution is -0.384. The maximum atomic E-state index is 11.7. The van der Waals surface area contributed by atoms with Crippen LogP contribution in [-0.2, 0) is 13.0 Å². The standard InChI is InChI=1S/C30H24N2O5/c33-30(34)21-9-14-27-25(16-21)28-24-4-2-1-3-20(24)15-26(28)29(31-27)19-7-12-23(13-8-19)37-17-18-5-10-22(11-6-18)32(35)36/h1-14,16,26,28-29,31H,15,17H2,(H,33,34)/t26-,28+,29+/m1/s1. The number of benzene rings is 4. The van der Waals surface area contributed by atoms with Crippen LogP contribution in [0.25, 0.3) is 0 Å². The Labute approximate surface area is 213 Å². The Hall–Kier alpha value is -4.65. The zero-order valence-corrected chi connectivity index (χ0v) is 19.8. The van der Waals surface area contributed by atoms with Crippen molar-refractivity contribution in [2.45, 2.75) is 25.0 Å². The van der Waals surface area contributed by atoms with E-state index in [9.17, 15) is 20.0 Å². The molecule has 2 aliphatic rings. The van der Waals surface area contributed by atoms with E-state index in [0.717, 1.165) is 34.5 Å². The molecule has 3 atom stereocenters. The minimum Gasteiger partial charge on any atom is -0.489 e. The molecule has 0 radical (unpaired) electrons. The highest BCUT2D eigenvalue weighted by atomic mass is 16.6. The molecule has 1 aliphatic heterocycles. The van der Waals surface area contributed by atoms with Gasteiger partial charge in [0.05, 0.1) is 16.5 Å². The molecule has 0 bridgehead atoms. The molecule has 0 spiro atoms. The Kier molecular flexibility index (Phi) is 5.60. The van der Waals surface area contributed by atoms with Crippen LogP contribution in [-0.4, -0.2) is 16.0 Å². The highest BCUT2D eigenvalue weighted by Gasteiger charge is 2.43. The second-order valence-electron chi connectivity index (χ2n) is 9.55. The molecule has 4 aromatic carbocycles. The Morgan fingerprint density at radius 3 is 2.46 bits per heavy atom. The number of nitro groups is 1. The monoisotopic (exact) mass is 492 g/mol. The maximum absolute atomic E-state index is 11.7. The fourth-order valence-electron chi connectivity index (χ4n) is 5.68. The van der Waals surface area contributed by atoms with Crippen LogP contribution in [0.5, 0.6) is 5.75 Å². The number of carbonyl (C=O) groups is 1. The van der Waals surface area contributed by atoms with E-state index in [4.69, 9.17) is 4.74 Å². The fourth-order valence-corrected chi connectivity index (χ4v) is 5.68. The van der Waals surface area contributed by atoms with Gasteiger partial charge in [0, 0.05) is 23.7 Å². The van der Waals surface area contributed by atoms with E-state index in [0.29, 0.717) is 12.2 Å². The molecule has 0 fully saturated rings. The molecule has 0 aromatic heterocycles. The minimum absolute atomic E-state index is 0.0567. The summed E-state index contributed by atoms with van der Waals surface area (Å²) in [5.74, 6) is 0.170. The first-order valence-corrected chi connectivity index (χ1v) is 12.2. The first kappa shape index (κ1) is 22.8. The third kappa shape index (κ3) is 4.18. The van der Waals surface area contributed by atoms with Crippen molar-refractivity contribution >= 4 is 17.3 Å². The van der Waals surface area contributed by atoms with Crippen molar-refractivity contribution in [1.82, 2.24) is 0 Å². The van der Waals surface area contributed by atoms with Crippen molar-refractivity contribution in [3.8, 4) is 5.75 Å². The normalized spacial score (nSPS) is 19.2. The van der Waals surface area contributed by atoms with Gasteiger partial charge in [-0.3, -0.25) is 10.1 Å². The highest BCUT2D eigenvalue weighted by Crippen LogP contribution is 2.54. The molecule has 7 nitrogen and oxygen atoms in total. The van der Waals surface area contributed by atoms with Crippen LogP contribution in [0.3, 0.4) is 0 Å². The van der Waals surface area contributed by atoms with Crippen LogP contribution >= 0.6 is 0 Å². The Balaban J connectivity index is 1.26. The number of rotatable bonds is 6. The number of anilines is 1. The van der Waals surface area contributed by atoms with Crippen molar-refractivity contribution in [2.24, 2.45) is 5.92 Å². The van der Waals surface area contributed by atoms with Gasteiger partial charge in [0.15, 0.2) is 0 Å². The van der Waals surface area contributed by atoms with E-state index in [1.807, 2.05) is 24.3 Å². The predicted molar refractivity (Wildman–Crippen MR) is 139 cm³/mol. The first-order chi connectivity index (χ1) is 18.0. The van der Waals surface area contributed by atoms with Gasteiger partial charge in [0.1, 0.15) is 12.4 Å². The van der Waals surface area contributed by atoms with E-state index in [1.54, 1.807) is 18.2 Å². The third-order valence-corrected chi connectivity index (χ3v) is 7.44. The topological polar surface area (TPSA) is 102 Å². The number of fused-ring (bicyclic) bond motifs is 5. The highest BCUT2D eigenvalue weighted by molar-refractivity contribution is 5.89. The molecular weight excluding hydrogens is 468 g/mol. The van der Waals surface area contributed by atoms with Gasteiger partial charge in [-0.15, -0.1) is 0 Å². The van der Waals surface area contributed by atoms with Crippen LogP contribution in [0.2, 0.25) is 0 Å². The zero-order valence-electron chi connectivity index (χ0n) is 19.8. The summed E-state index contributed by atoms with van der Waals surface area (Å²) in [6, 6.07) is 28.2. The molecule has 4 aromatic rings. The smallest absolute Gasteiger partial charge is 0.335 e. The van der Waals surface area contributed by atoms with Gasteiger partial charge in [-0.25, -0.2) is 4.79 Å². The second-order valence-corrected chi connectivity index (χ2v) is 9.55. The summed E-state index contributed by atoms with van der Waals surface area (Å²) in [5, 5.41) is 24.1. The molecule has 0 unspecified atom stereocenters. The van der Waals surface area contributed by atoms with Crippen molar-refractivity contribution in [1.29, 1.82) is 0 Å². The molecule has 1 aliphatic carbocycles. The van der Waals surface area contributed by atoms with Crippen molar-refractivity contribution in [2.75, 3.05) is 5.32 Å². The molecule has 0 saturated heterocycles. The molecule has 0 amide bonds. The van der Waals surface area contributed by atoms with Gasteiger partial charge in [-0.1, -0.05) is 36.4 Å². The summed E-state index contributed by atoms with van der Waals surface area (Å²) < 4.78 is 5.92. The maximum Gasteiger partial charge on any atom is 0.335 e. The first-order valence-electron chi connectivity index (χ1n) is 12.2. The molecule has 1 heterocycles. The summed E-state index contributed by atoms with van der Waals surface area (Å²) in [7, 11) is 0. The van der Waals surface area contributed by atoms with Crippen molar-refractivity contribution < 1.29 is 19.6 Å². The number of carboxylic acid groups (broad SMARTS) is 1. The predicted octanol–water partition coefficient (Wildman–Crippen LogP) is 6.34. The molecule has 37 heavy (non-hydrogen) atoms. The lowest BCUT2D eigenvalue weighted by Crippen LogP contribution is -2.30. The molecule has 7 heteroatoms. The van der Waals surface area contributed by atoms with E-state index in [-0.39, 0.29) is 23.6 Å². The van der Waals surface area contributed by atoms with Gasteiger partial charge in [-0.05, 0) is 82.6 Å². The van der Waals surface area contributed by atoms with Crippen LogP contribution in [0.4, 0.5) is 11.4 Å². The van der Waals surface area contributed by atoms with Crippen LogP contribution in [0, 0.1) is 16.0 Å². The van der Waals surface area contributed by atoms with Crippen LogP contribution < -0.4 is 10.1 Å². The number of carboxylic acids is 1. The molecule has 2 N–H and O–H groups in total. The third-order valence-electron chi connectivity index (χ3n) is 7.44.